The molecule has 6 nitrogen and oxygen atoms in total. The molecule has 1 aromatic carbocycles. The summed E-state index contributed by atoms with van der Waals surface area (Å²) in [7, 11) is 0. The van der Waals surface area contributed by atoms with Crippen molar-refractivity contribution < 1.29 is 4.74 Å². The number of hydrogen-bond acceptors (Lipinski definition) is 5. The first kappa shape index (κ1) is 13.3. The number of benzene rings is 1. The topological polar surface area (TPSA) is 89.7 Å². The minimum atomic E-state index is 0. The fraction of sp³-hybridized carbons (Fsp3) is 0.0833. The summed E-state index contributed by atoms with van der Waals surface area (Å²) in [4.78, 5) is 8.07. The van der Waals surface area contributed by atoms with Gasteiger partial charge in [0.1, 0.15) is 12.1 Å². The summed E-state index contributed by atoms with van der Waals surface area (Å²) >= 11 is 0. The predicted octanol–water partition coefficient (Wildman–Crippen LogP) is 2.03. The maximum Gasteiger partial charge on any atom is 0.222 e. The molecule has 0 amide bonds. The molecule has 3 rings (SSSR count). The van der Waals surface area contributed by atoms with E-state index in [0.717, 1.165) is 16.6 Å². The van der Waals surface area contributed by atoms with Crippen LogP contribution in [-0.4, -0.2) is 20.2 Å². The van der Waals surface area contributed by atoms with Crippen LogP contribution in [0.15, 0.2) is 36.8 Å². The van der Waals surface area contributed by atoms with E-state index in [0.29, 0.717) is 18.2 Å². The summed E-state index contributed by atoms with van der Waals surface area (Å²) in [6.07, 6.45) is 3.16. The van der Waals surface area contributed by atoms with Crippen LogP contribution < -0.4 is 10.5 Å². The second-order valence-electron chi connectivity index (χ2n) is 3.74. The Bertz CT molecular complexity index is 684. The predicted molar refractivity (Wildman–Crippen MR) is 73.3 cm³/mol. The molecule has 7 heteroatoms. The lowest BCUT2D eigenvalue weighted by Gasteiger charge is -2.06. The van der Waals surface area contributed by atoms with Gasteiger partial charge in [-0.25, -0.2) is 9.97 Å². The van der Waals surface area contributed by atoms with E-state index in [9.17, 15) is 0 Å². The molecule has 0 fully saturated rings. The van der Waals surface area contributed by atoms with Gasteiger partial charge in [0.15, 0.2) is 0 Å². The molecule has 0 aliphatic heterocycles. The van der Waals surface area contributed by atoms with Crippen LogP contribution in [0.1, 0.15) is 5.69 Å². The van der Waals surface area contributed by atoms with Crippen molar-refractivity contribution in [1.29, 1.82) is 0 Å². The van der Waals surface area contributed by atoms with Crippen LogP contribution in [0.4, 0.5) is 0 Å². The van der Waals surface area contributed by atoms with E-state index < -0.39 is 0 Å². The average Bonchev–Trinajstić information content (AvgIpc) is 2.88. The number of aromatic amines is 1. The summed E-state index contributed by atoms with van der Waals surface area (Å²) in [5.74, 6) is 1.17. The van der Waals surface area contributed by atoms with Crippen LogP contribution >= 0.6 is 12.4 Å². The molecule has 98 valence electrons. The number of nitrogens with one attached hydrogen (secondary N) is 1. The lowest BCUT2D eigenvalue weighted by Crippen LogP contribution is -2.00. The van der Waals surface area contributed by atoms with Crippen LogP contribution in [0.3, 0.4) is 0 Å². The summed E-state index contributed by atoms with van der Waals surface area (Å²) < 4.78 is 5.73. The van der Waals surface area contributed by atoms with Crippen molar-refractivity contribution in [2.24, 2.45) is 5.73 Å². The van der Waals surface area contributed by atoms with Crippen molar-refractivity contribution in [3.63, 3.8) is 0 Å². The number of hydrogen-bond donors (Lipinski definition) is 2. The van der Waals surface area contributed by atoms with Crippen molar-refractivity contribution >= 4 is 23.3 Å². The zero-order valence-corrected chi connectivity index (χ0v) is 10.7. The van der Waals surface area contributed by atoms with Gasteiger partial charge in [0.25, 0.3) is 0 Å². The van der Waals surface area contributed by atoms with E-state index in [4.69, 9.17) is 10.5 Å². The first-order valence-corrected chi connectivity index (χ1v) is 5.48. The highest BCUT2D eigenvalue weighted by atomic mass is 35.5. The Labute approximate surface area is 115 Å². The highest BCUT2D eigenvalue weighted by Gasteiger charge is 2.06. The maximum absolute atomic E-state index is 5.73. The van der Waals surface area contributed by atoms with E-state index in [1.54, 1.807) is 12.3 Å². The van der Waals surface area contributed by atoms with Gasteiger partial charge in [-0.3, -0.25) is 5.10 Å². The van der Waals surface area contributed by atoms with Crippen LogP contribution in [0.25, 0.3) is 10.9 Å². The van der Waals surface area contributed by atoms with Crippen LogP contribution in [-0.2, 0) is 6.54 Å². The minimum absolute atomic E-state index is 0. The fourth-order valence-corrected chi connectivity index (χ4v) is 1.69. The van der Waals surface area contributed by atoms with E-state index >= 15 is 0 Å². The molecule has 0 spiro atoms. The SMILES string of the molecule is Cl.NCc1cc(Oc2cccc3[nH]ncc23)ncn1. The molecule has 2 aromatic heterocycles. The number of nitrogens with zero attached hydrogens (tertiary/aromatic N) is 3. The third kappa shape index (κ3) is 2.64. The lowest BCUT2D eigenvalue weighted by atomic mass is 10.2. The normalized spacial score (nSPS) is 10.2. The number of ether oxygens (including phenoxy) is 1. The number of halogens is 1. The molecule has 3 aromatic rings. The molecule has 0 atom stereocenters. The number of aromatic nitrogens is 4. The van der Waals surface area contributed by atoms with Gasteiger partial charge in [-0.2, -0.15) is 5.10 Å². The van der Waals surface area contributed by atoms with Gasteiger partial charge in [0.05, 0.1) is 22.8 Å². The Hall–Kier alpha value is -2.18. The monoisotopic (exact) mass is 277 g/mol. The highest BCUT2D eigenvalue weighted by molar-refractivity contribution is 5.85. The molecule has 19 heavy (non-hydrogen) atoms. The summed E-state index contributed by atoms with van der Waals surface area (Å²) in [5.41, 5.74) is 7.18. The summed E-state index contributed by atoms with van der Waals surface area (Å²) in [6.45, 7) is 0.356. The number of rotatable bonds is 3. The van der Waals surface area contributed by atoms with Gasteiger partial charge in [-0.1, -0.05) is 6.07 Å². The van der Waals surface area contributed by atoms with Crippen molar-refractivity contribution in [3.05, 3.63) is 42.5 Å². The summed E-state index contributed by atoms with van der Waals surface area (Å²) in [5, 5.41) is 7.77. The van der Waals surface area contributed by atoms with Gasteiger partial charge in [0.2, 0.25) is 5.88 Å². The molecule has 0 radical (unpaired) electrons. The number of nitrogens with two attached hydrogens (primary N) is 1. The van der Waals surface area contributed by atoms with Gasteiger partial charge in [-0.15, -0.1) is 12.4 Å². The van der Waals surface area contributed by atoms with Crippen molar-refractivity contribution in [3.8, 4) is 11.6 Å². The molecule has 0 aliphatic carbocycles. The van der Waals surface area contributed by atoms with E-state index in [-0.39, 0.29) is 12.4 Å². The first-order valence-electron chi connectivity index (χ1n) is 5.48. The Kier molecular flexibility index (Phi) is 3.94. The van der Waals surface area contributed by atoms with Crippen LogP contribution in [0, 0.1) is 0 Å². The van der Waals surface area contributed by atoms with Crippen molar-refractivity contribution in [2.45, 2.75) is 6.54 Å². The van der Waals surface area contributed by atoms with Crippen molar-refractivity contribution in [2.75, 3.05) is 0 Å². The molecule has 0 saturated heterocycles. The highest BCUT2D eigenvalue weighted by Crippen LogP contribution is 2.27. The maximum atomic E-state index is 5.73. The number of fused-ring (bicyclic) bond motifs is 1. The zero-order chi connectivity index (χ0) is 12.4. The van der Waals surface area contributed by atoms with Gasteiger partial charge in [0, 0.05) is 12.6 Å². The third-order valence-corrected chi connectivity index (χ3v) is 2.57. The Morgan fingerprint density at radius 2 is 2.16 bits per heavy atom. The minimum Gasteiger partial charge on any atom is -0.438 e. The summed E-state index contributed by atoms with van der Waals surface area (Å²) in [6, 6.07) is 7.41. The van der Waals surface area contributed by atoms with Gasteiger partial charge in [-0.05, 0) is 12.1 Å². The molecule has 0 aliphatic rings. The molecule has 0 saturated carbocycles. The second-order valence-corrected chi connectivity index (χ2v) is 3.74. The Morgan fingerprint density at radius 1 is 1.26 bits per heavy atom. The molecule has 0 bridgehead atoms. The molecular formula is C12H12ClN5O. The average molecular weight is 278 g/mol. The second kappa shape index (κ2) is 5.64. The zero-order valence-electron chi connectivity index (χ0n) is 9.91. The van der Waals surface area contributed by atoms with Gasteiger partial charge < -0.3 is 10.5 Å². The molecule has 0 unspecified atom stereocenters. The fourth-order valence-electron chi connectivity index (χ4n) is 1.69. The van der Waals surface area contributed by atoms with E-state index in [2.05, 4.69) is 20.2 Å². The quantitative estimate of drug-likeness (QED) is 0.764. The van der Waals surface area contributed by atoms with Crippen molar-refractivity contribution in [1.82, 2.24) is 20.2 Å². The van der Waals surface area contributed by atoms with Gasteiger partial charge >= 0.3 is 0 Å². The van der Waals surface area contributed by atoms with E-state index in [1.807, 2.05) is 18.2 Å². The number of H-pyrrole nitrogens is 1. The standard InChI is InChI=1S/C12H11N5O.ClH/c13-5-8-4-12(15-7-14-8)18-11-3-1-2-10-9(11)6-16-17-10;/h1-4,6-7H,5,13H2,(H,16,17);1H. The molecule has 2 heterocycles. The van der Waals surface area contributed by atoms with Crippen LogP contribution in [0.5, 0.6) is 11.6 Å². The smallest absolute Gasteiger partial charge is 0.222 e. The Morgan fingerprint density at radius 3 is 3.00 bits per heavy atom. The third-order valence-electron chi connectivity index (χ3n) is 2.57. The van der Waals surface area contributed by atoms with Crippen LogP contribution in [0.2, 0.25) is 0 Å². The largest absolute Gasteiger partial charge is 0.438 e. The first-order chi connectivity index (χ1) is 8.86. The molecule has 3 N–H and O–H groups in total. The van der Waals surface area contributed by atoms with E-state index in [1.165, 1.54) is 6.33 Å². The lowest BCUT2D eigenvalue weighted by molar-refractivity contribution is 0.465. The Balaban J connectivity index is 0.00000133. The molecular weight excluding hydrogens is 266 g/mol.